The molecule has 0 spiro atoms. The molecule has 4 nitrogen and oxygen atoms in total. The molecule has 0 atom stereocenters. The predicted molar refractivity (Wildman–Crippen MR) is 90.2 cm³/mol. The average molecular weight is 308 g/mol. The Kier molecular flexibility index (Phi) is 4.71. The summed E-state index contributed by atoms with van der Waals surface area (Å²) in [5, 5.41) is 3.95. The third-order valence-corrected chi connectivity index (χ3v) is 3.91. The lowest BCUT2D eigenvalue weighted by Crippen LogP contribution is -2.27. The first-order valence-electron chi connectivity index (χ1n) is 7.92. The largest absolute Gasteiger partial charge is 0.464 e. The number of aromatic nitrogens is 1. The Morgan fingerprint density at radius 2 is 2.17 bits per heavy atom. The lowest BCUT2D eigenvalue weighted by Gasteiger charge is -2.04. The van der Waals surface area contributed by atoms with E-state index in [0.717, 1.165) is 35.1 Å². The summed E-state index contributed by atoms with van der Waals surface area (Å²) in [6.45, 7) is 2.70. The maximum absolute atomic E-state index is 12.1. The minimum absolute atomic E-state index is 0.00296. The molecule has 2 heterocycles. The van der Waals surface area contributed by atoms with Crippen LogP contribution in [0, 0.1) is 0 Å². The summed E-state index contributed by atoms with van der Waals surface area (Å²) in [5.74, 6) is 0.00296. The second-order valence-electron chi connectivity index (χ2n) is 5.54. The van der Waals surface area contributed by atoms with Crippen molar-refractivity contribution >= 4 is 16.9 Å². The topological polar surface area (TPSA) is 55.1 Å². The smallest absolute Gasteiger partial charge is 0.224 e. The van der Waals surface area contributed by atoms with E-state index in [0.29, 0.717) is 13.0 Å². The van der Waals surface area contributed by atoms with E-state index in [4.69, 9.17) is 4.42 Å². The van der Waals surface area contributed by atoms with Crippen molar-refractivity contribution in [3.05, 3.63) is 65.7 Å². The highest BCUT2D eigenvalue weighted by atomic mass is 16.3. The van der Waals surface area contributed by atoms with Crippen molar-refractivity contribution in [1.29, 1.82) is 0 Å². The molecule has 0 bridgehead atoms. The van der Waals surface area contributed by atoms with E-state index in [1.807, 2.05) is 30.3 Å². The Bertz CT molecular complexity index is 793. The highest BCUT2D eigenvalue weighted by Gasteiger charge is 2.10. The lowest BCUT2D eigenvalue weighted by atomic mass is 10.1. The number of carbonyl (C=O) groups is 1. The summed E-state index contributed by atoms with van der Waals surface area (Å²) >= 11 is 0. The molecular formula is C19H20N2O2. The van der Waals surface area contributed by atoms with Crippen molar-refractivity contribution < 1.29 is 9.21 Å². The molecule has 2 aromatic heterocycles. The molecule has 0 radical (unpaired) electrons. The molecule has 0 saturated heterocycles. The average Bonchev–Trinajstić information content (AvgIpc) is 2.98. The first-order valence-corrected chi connectivity index (χ1v) is 7.92. The van der Waals surface area contributed by atoms with Gasteiger partial charge < -0.3 is 9.73 Å². The number of furan rings is 1. The Hall–Kier alpha value is -2.62. The van der Waals surface area contributed by atoms with Gasteiger partial charge in [0.15, 0.2) is 0 Å². The molecule has 0 saturated carbocycles. The minimum atomic E-state index is 0.00296. The van der Waals surface area contributed by atoms with E-state index in [1.54, 1.807) is 12.5 Å². The number of nitrogens with one attached hydrogen (secondary N) is 1. The van der Waals surface area contributed by atoms with Crippen LogP contribution in [-0.4, -0.2) is 17.4 Å². The quantitative estimate of drug-likeness (QED) is 0.760. The van der Waals surface area contributed by atoms with Crippen LogP contribution in [0.1, 0.15) is 23.7 Å². The van der Waals surface area contributed by atoms with Crippen molar-refractivity contribution in [2.75, 3.05) is 6.54 Å². The Labute approximate surface area is 135 Å². The highest BCUT2D eigenvalue weighted by Crippen LogP contribution is 2.23. The molecular weight excluding hydrogens is 288 g/mol. The van der Waals surface area contributed by atoms with E-state index < -0.39 is 0 Å². The number of nitrogens with zero attached hydrogens (tertiary/aromatic N) is 1. The van der Waals surface area contributed by atoms with Crippen LogP contribution in [0.4, 0.5) is 0 Å². The first kappa shape index (κ1) is 15.3. The Morgan fingerprint density at radius 1 is 1.26 bits per heavy atom. The molecule has 118 valence electrons. The number of benzene rings is 1. The van der Waals surface area contributed by atoms with E-state index in [9.17, 15) is 4.79 Å². The maximum atomic E-state index is 12.1. The van der Waals surface area contributed by atoms with Crippen LogP contribution in [0.25, 0.3) is 11.0 Å². The molecule has 23 heavy (non-hydrogen) atoms. The van der Waals surface area contributed by atoms with Crippen LogP contribution in [0.2, 0.25) is 0 Å². The summed E-state index contributed by atoms with van der Waals surface area (Å²) in [6.07, 6.45) is 5.49. The molecule has 1 N–H and O–H groups in total. The van der Waals surface area contributed by atoms with Crippen molar-refractivity contribution in [2.45, 2.75) is 26.2 Å². The molecule has 0 aliphatic heterocycles. The fraction of sp³-hybridized carbons (Fsp3) is 0.263. The molecule has 3 aromatic rings. The second kappa shape index (κ2) is 7.09. The van der Waals surface area contributed by atoms with Gasteiger partial charge in [-0.15, -0.1) is 0 Å². The monoisotopic (exact) mass is 308 g/mol. The van der Waals surface area contributed by atoms with Crippen LogP contribution in [-0.2, 0) is 24.1 Å². The number of fused-ring (bicyclic) bond motifs is 1. The summed E-state index contributed by atoms with van der Waals surface area (Å²) in [7, 11) is 0. The Morgan fingerprint density at radius 3 is 2.96 bits per heavy atom. The predicted octanol–water partition coefficient (Wildman–Crippen LogP) is 3.29. The van der Waals surface area contributed by atoms with Crippen molar-refractivity contribution in [2.24, 2.45) is 0 Å². The zero-order valence-electron chi connectivity index (χ0n) is 13.2. The van der Waals surface area contributed by atoms with Gasteiger partial charge in [0.2, 0.25) is 5.91 Å². The zero-order valence-corrected chi connectivity index (χ0v) is 13.2. The number of rotatable bonds is 6. The van der Waals surface area contributed by atoms with Gasteiger partial charge in [0.1, 0.15) is 5.58 Å². The third-order valence-electron chi connectivity index (χ3n) is 3.91. The fourth-order valence-corrected chi connectivity index (χ4v) is 2.60. The molecule has 3 rings (SSSR count). The van der Waals surface area contributed by atoms with Crippen molar-refractivity contribution in [3.8, 4) is 0 Å². The second-order valence-corrected chi connectivity index (χ2v) is 5.54. The zero-order chi connectivity index (χ0) is 16.1. The summed E-state index contributed by atoms with van der Waals surface area (Å²) in [6, 6.07) is 12.0. The van der Waals surface area contributed by atoms with Gasteiger partial charge in [0.05, 0.1) is 12.7 Å². The summed E-state index contributed by atoms with van der Waals surface area (Å²) in [4.78, 5) is 16.3. The van der Waals surface area contributed by atoms with Gasteiger partial charge in [-0.2, -0.15) is 0 Å². The number of pyridine rings is 1. The van der Waals surface area contributed by atoms with Gasteiger partial charge in [-0.3, -0.25) is 9.78 Å². The summed E-state index contributed by atoms with van der Waals surface area (Å²) in [5.41, 5.74) is 3.99. The molecule has 0 aliphatic carbocycles. The van der Waals surface area contributed by atoms with Crippen LogP contribution >= 0.6 is 0 Å². The SMILES string of the molecule is CCc1ccc2c(CC(=O)NCCc3ccccn3)coc2c1. The number of hydrogen-bond donors (Lipinski definition) is 1. The third kappa shape index (κ3) is 3.77. The van der Waals surface area contributed by atoms with E-state index >= 15 is 0 Å². The van der Waals surface area contributed by atoms with E-state index in [2.05, 4.69) is 23.3 Å². The fourth-order valence-electron chi connectivity index (χ4n) is 2.60. The number of aryl methyl sites for hydroxylation is 1. The van der Waals surface area contributed by atoms with Gasteiger partial charge >= 0.3 is 0 Å². The van der Waals surface area contributed by atoms with Crippen LogP contribution in [0.3, 0.4) is 0 Å². The molecule has 0 unspecified atom stereocenters. The number of carbonyl (C=O) groups excluding carboxylic acids is 1. The first-order chi connectivity index (χ1) is 11.3. The van der Waals surface area contributed by atoms with Crippen molar-refractivity contribution in [3.63, 3.8) is 0 Å². The lowest BCUT2D eigenvalue weighted by molar-refractivity contribution is -0.120. The minimum Gasteiger partial charge on any atom is -0.464 e. The van der Waals surface area contributed by atoms with Crippen molar-refractivity contribution in [1.82, 2.24) is 10.3 Å². The van der Waals surface area contributed by atoms with E-state index in [-0.39, 0.29) is 5.91 Å². The van der Waals surface area contributed by atoms with E-state index in [1.165, 1.54) is 5.56 Å². The molecule has 0 fully saturated rings. The number of amides is 1. The van der Waals surface area contributed by atoms with Gasteiger partial charge in [0.25, 0.3) is 0 Å². The van der Waals surface area contributed by atoms with Gasteiger partial charge in [-0.25, -0.2) is 0 Å². The van der Waals surface area contributed by atoms with Gasteiger partial charge in [-0.05, 0) is 30.2 Å². The van der Waals surface area contributed by atoms with Crippen LogP contribution in [0.5, 0.6) is 0 Å². The maximum Gasteiger partial charge on any atom is 0.224 e. The standard InChI is InChI=1S/C19H20N2O2/c1-2-14-6-7-17-15(13-23-18(17)11-14)12-19(22)21-10-8-16-5-3-4-9-20-16/h3-7,9,11,13H,2,8,10,12H2,1H3,(H,21,22). The Balaban J connectivity index is 1.57. The van der Waals surface area contributed by atoms with Crippen LogP contribution in [0.15, 0.2) is 53.3 Å². The van der Waals surface area contributed by atoms with Crippen LogP contribution < -0.4 is 5.32 Å². The highest BCUT2D eigenvalue weighted by molar-refractivity contribution is 5.87. The number of hydrogen-bond acceptors (Lipinski definition) is 3. The van der Waals surface area contributed by atoms with Gasteiger partial charge in [0, 0.05) is 35.8 Å². The summed E-state index contributed by atoms with van der Waals surface area (Å²) < 4.78 is 5.58. The molecule has 4 heteroatoms. The van der Waals surface area contributed by atoms with Gasteiger partial charge in [-0.1, -0.05) is 25.1 Å². The molecule has 0 aliphatic rings. The molecule has 1 aromatic carbocycles. The normalized spacial score (nSPS) is 10.8. The molecule has 1 amide bonds.